The molecule has 27 heavy (non-hydrogen) atoms. The predicted octanol–water partition coefficient (Wildman–Crippen LogP) is 6.41. The fraction of sp³-hybridized carbons (Fsp3) is 0.500. The molecule has 0 aliphatic heterocycles. The number of hydrogen-bond acceptors (Lipinski definition) is 3. The summed E-state index contributed by atoms with van der Waals surface area (Å²) in [5.74, 6) is 0.137. The van der Waals surface area contributed by atoms with Crippen LogP contribution in [0.2, 0.25) is 0 Å². The molecule has 0 bridgehead atoms. The first-order chi connectivity index (χ1) is 13.2. The third kappa shape index (κ3) is 14.0. The molecule has 0 heterocycles. The monoisotopic (exact) mass is 374 g/mol. The van der Waals surface area contributed by atoms with Gasteiger partial charge in [-0.05, 0) is 24.5 Å². The minimum Gasteiger partial charge on any atom is -0.508 e. The number of benzene rings is 1. The smallest absolute Gasteiger partial charge is 0.121 e. The molecular formula is C24H38O3. The van der Waals surface area contributed by atoms with Crippen LogP contribution in [0.1, 0.15) is 69.4 Å². The van der Waals surface area contributed by atoms with Crippen molar-refractivity contribution in [1.82, 2.24) is 0 Å². The molecule has 3 nitrogen and oxygen atoms in total. The normalized spacial score (nSPS) is 11.4. The van der Waals surface area contributed by atoms with Crippen LogP contribution >= 0.6 is 0 Å². The molecule has 1 aromatic carbocycles. The van der Waals surface area contributed by atoms with Crippen LogP contribution in [0.5, 0.6) is 5.75 Å². The minimum absolute atomic E-state index is 0.137. The Morgan fingerprint density at radius 3 is 2.19 bits per heavy atom. The highest BCUT2D eigenvalue weighted by atomic mass is 16.4. The maximum absolute atomic E-state index is 9.67. The second kappa shape index (κ2) is 18.9. The number of allylic oxidation sites excluding steroid dienone is 5. The van der Waals surface area contributed by atoms with Crippen LogP contribution in [0.15, 0.2) is 48.6 Å². The Kier molecular flexibility index (Phi) is 17.6. The lowest BCUT2D eigenvalue weighted by Gasteiger charge is -2.04. The molecule has 1 rings (SSSR count). The van der Waals surface area contributed by atoms with Gasteiger partial charge in [-0.3, -0.25) is 0 Å². The maximum Gasteiger partial charge on any atom is 0.121 e. The molecule has 0 spiro atoms. The first kappa shape index (κ1) is 25.2. The Morgan fingerprint density at radius 2 is 1.52 bits per heavy atom. The average molecular weight is 375 g/mol. The molecule has 0 saturated heterocycles. The van der Waals surface area contributed by atoms with Gasteiger partial charge in [-0.1, -0.05) is 94.0 Å². The lowest BCUT2D eigenvalue weighted by atomic mass is 10.1. The standard InChI is InChI=1S/C22H32O2.C2H6O/c1-2-3-4-5-6-7-8-9-10-11-12-13-14-16-20-17-15-18-22(24)21(20)19-23;1-3-2/h10-18,23-24H,2-9,19H2,1H3;1-2H3. The number of unbranched alkanes of at least 4 members (excludes halogenated alkanes) is 7. The number of hydrogen-bond donors (Lipinski definition) is 2. The fourth-order valence-corrected chi connectivity index (χ4v) is 2.60. The topological polar surface area (TPSA) is 49.7 Å². The summed E-state index contributed by atoms with van der Waals surface area (Å²) in [5, 5.41) is 19.0. The van der Waals surface area contributed by atoms with Crippen molar-refractivity contribution in [2.75, 3.05) is 14.2 Å². The molecule has 0 aliphatic carbocycles. The second-order valence-corrected chi connectivity index (χ2v) is 6.49. The van der Waals surface area contributed by atoms with Crippen molar-refractivity contribution in [1.29, 1.82) is 0 Å². The number of rotatable bonds is 12. The van der Waals surface area contributed by atoms with Crippen molar-refractivity contribution in [3.8, 4) is 5.75 Å². The van der Waals surface area contributed by atoms with Crippen molar-refractivity contribution in [3.05, 3.63) is 59.7 Å². The van der Waals surface area contributed by atoms with Gasteiger partial charge in [-0.15, -0.1) is 0 Å². The largest absolute Gasteiger partial charge is 0.508 e. The van der Waals surface area contributed by atoms with Crippen LogP contribution in [0.25, 0.3) is 6.08 Å². The number of aromatic hydroxyl groups is 1. The molecule has 0 aliphatic rings. The Bertz CT molecular complexity index is 545. The molecule has 2 N–H and O–H groups in total. The fourth-order valence-electron chi connectivity index (χ4n) is 2.60. The van der Waals surface area contributed by atoms with Crippen molar-refractivity contribution < 1.29 is 14.9 Å². The van der Waals surface area contributed by atoms with Gasteiger partial charge >= 0.3 is 0 Å². The van der Waals surface area contributed by atoms with Crippen molar-refractivity contribution in [2.24, 2.45) is 0 Å². The Labute approximate surface area is 166 Å². The predicted molar refractivity (Wildman–Crippen MR) is 117 cm³/mol. The van der Waals surface area contributed by atoms with Crippen LogP contribution in [-0.2, 0) is 11.3 Å². The van der Waals surface area contributed by atoms with Crippen molar-refractivity contribution >= 4 is 6.08 Å². The van der Waals surface area contributed by atoms with Gasteiger partial charge in [0, 0.05) is 19.8 Å². The number of methoxy groups -OCH3 is 1. The van der Waals surface area contributed by atoms with E-state index in [9.17, 15) is 10.2 Å². The molecule has 0 saturated carbocycles. The van der Waals surface area contributed by atoms with Gasteiger partial charge in [0.25, 0.3) is 0 Å². The van der Waals surface area contributed by atoms with Gasteiger partial charge < -0.3 is 14.9 Å². The highest BCUT2D eigenvalue weighted by Gasteiger charge is 2.02. The van der Waals surface area contributed by atoms with E-state index in [-0.39, 0.29) is 12.4 Å². The van der Waals surface area contributed by atoms with E-state index in [1.54, 1.807) is 26.4 Å². The SMILES string of the molecule is CCCCCCCCCC=CC=CC=Cc1cccc(O)c1CO.COC. The number of phenols is 1. The first-order valence-corrected chi connectivity index (χ1v) is 10.0. The summed E-state index contributed by atoms with van der Waals surface area (Å²) < 4.78 is 4.25. The molecule has 0 fully saturated rings. The second-order valence-electron chi connectivity index (χ2n) is 6.49. The van der Waals surface area contributed by atoms with E-state index >= 15 is 0 Å². The Hall–Kier alpha value is -1.84. The molecule has 0 radical (unpaired) electrons. The number of aliphatic hydroxyl groups excluding tert-OH is 1. The van der Waals surface area contributed by atoms with E-state index in [0.29, 0.717) is 5.56 Å². The van der Waals surface area contributed by atoms with Gasteiger partial charge in [0.15, 0.2) is 0 Å². The number of aliphatic hydroxyl groups is 1. The molecule has 1 aromatic rings. The van der Waals surface area contributed by atoms with E-state index in [4.69, 9.17) is 0 Å². The van der Waals surface area contributed by atoms with E-state index < -0.39 is 0 Å². The highest BCUT2D eigenvalue weighted by molar-refractivity contribution is 5.58. The molecule has 0 unspecified atom stereocenters. The summed E-state index contributed by atoms with van der Waals surface area (Å²) in [6.07, 6.45) is 22.7. The summed E-state index contributed by atoms with van der Waals surface area (Å²) in [6.45, 7) is 2.09. The zero-order valence-electron chi connectivity index (χ0n) is 17.4. The lowest BCUT2D eigenvalue weighted by molar-refractivity contribution is 0.275. The minimum atomic E-state index is -0.158. The van der Waals surface area contributed by atoms with E-state index in [2.05, 4.69) is 23.8 Å². The summed E-state index contributed by atoms with van der Waals surface area (Å²) in [7, 11) is 3.25. The van der Waals surface area contributed by atoms with Gasteiger partial charge in [0.05, 0.1) is 6.61 Å². The highest BCUT2D eigenvalue weighted by Crippen LogP contribution is 2.21. The van der Waals surface area contributed by atoms with E-state index in [1.807, 2.05) is 30.4 Å². The van der Waals surface area contributed by atoms with E-state index in [1.165, 1.54) is 44.9 Å². The third-order valence-electron chi connectivity index (χ3n) is 4.07. The lowest BCUT2D eigenvalue weighted by Crippen LogP contribution is -1.88. The van der Waals surface area contributed by atoms with Crippen molar-refractivity contribution in [3.63, 3.8) is 0 Å². The van der Waals surface area contributed by atoms with Gasteiger partial charge in [-0.2, -0.15) is 0 Å². The molecule has 0 atom stereocenters. The van der Waals surface area contributed by atoms with Gasteiger partial charge in [0.2, 0.25) is 0 Å². The molecule has 0 aromatic heterocycles. The summed E-state index contributed by atoms with van der Waals surface area (Å²) in [5.41, 5.74) is 1.41. The summed E-state index contributed by atoms with van der Waals surface area (Å²) in [6, 6.07) is 5.25. The quantitative estimate of drug-likeness (QED) is 0.328. The molecule has 152 valence electrons. The average Bonchev–Trinajstić information content (AvgIpc) is 2.66. The molecular weight excluding hydrogens is 336 g/mol. The van der Waals surface area contributed by atoms with Crippen molar-refractivity contribution in [2.45, 2.75) is 64.9 Å². The number of ether oxygens (including phenoxy) is 1. The molecule has 3 heteroatoms. The van der Waals surface area contributed by atoms with E-state index in [0.717, 1.165) is 12.0 Å². The third-order valence-corrected chi connectivity index (χ3v) is 4.07. The van der Waals surface area contributed by atoms with Gasteiger partial charge in [-0.25, -0.2) is 0 Å². The van der Waals surface area contributed by atoms with Crippen LogP contribution in [0, 0.1) is 0 Å². The van der Waals surface area contributed by atoms with Crippen LogP contribution < -0.4 is 0 Å². The van der Waals surface area contributed by atoms with Crippen LogP contribution in [0.3, 0.4) is 0 Å². The molecule has 0 amide bonds. The Balaban J connectivity index is 0.00000210. The van der Waals surface area contributed by atoms with Crippen LogP contribution in [0.4, 0.5) is 0 Å². The Morgan fingerprint density at radius 1 is 0.889 bits per heavy atom. The zero-order valence-corrected chi connectivity index (χ0v) is 17.4. The summed E-state index contributed by atoms with van der Waals surface area (Å²) in [4.78, 5) is 0. The zero-order chi connectivity index (χ0) is 20.2. The summed E-state index contributed by atoms with van der Waals surface area (Å²) >= 11 is 0. The first-order valence-electron chi connectivity index (χ1n) is 10.0. The van der Waals surface area contributed by atoms with Gasteiger partial charge in [0.1, 0.15) is 5.75 Å². The van der Waals surface area contributed by atoms with Crippen LogP contribution in [-0.4, -0.2) is 24.4 Å². The maximum atomic E-state index is 9.67.